The molecule has 1 radical (unpaired) electrons. The standard InChI is InChI=1S/C14H20BFN3OS/c1-3-12-11(5-7-21-12)15-9-19-8-10(4-6-16)13(20)18(2)14(19)17/h5,7,10,17H,3-4,6,8-9H2,1-2H3. The van der Waals surface area contributed by atoms with Crippen molar-refractivity contribution in [3.8, 4) is 0 Å². The van der Waals surface area contributed by atoms with Crippen LogP contribution in [0.1, 0.15) is 18.2 Å². The monoisotopic (exact) mass is 308 g/mol. The predicted octanol–water partition coefficient (Wildman–Crippen LogP) is 1.28. The van der Waals surface area contributed by atoms with Gasteiger partial charge in [-0.05, 0) is 29.5 Å². The molecular weight excluding hydrogens is 288 g/mol. The minimum Gasteiger partial charge on any atom is -0.350 e. The van der Waals surface area contributed by atoms with Gasteiger partial charge >= 0.3 is 0 Å². The summed E-state index contributed by atoms with van der Waals surface area (Å²) in [5.41, 5.74) is 1.19. The number of carbonyl (C=O) groups excluding carboxylic acids is 1. The maximum absolute atomic E-state index is 12.6. The maximum atomic E-state index is 12.6. The Kier molecular flexibility index (Phi) is 5.39. The molecule has 0 bridgehead atoms. The molecule has 0 aromatic carbocycles. The molecular formula is C14H20BFN3OS. The van der Waals surface area contributed by atoms with Gasteiger partial charge in [0.05, 0.1) is 12.6 Å². The molecule has 1 saturated heterocycles. The Balaban J connectivity index is 2.01. The smallest absolute Gasteiger partial charge is 0.234 e. The second kappa shape index (κ2) is 7.07. The molecule has 7 heteroatoms. The first-order valence-electron chi connectivity index (χ1n) is 7.15. The summed E-state index contributed by atoms with van der Waals surface area (Å²) in [6, 6.07) is 2.07. The summed E-state index contributed by atoms with van der Waals surface area (Å²) < 4.78 is 12.6. The van der Waals surface area contributed by atoms with Crippen molar-refractivity contribution >= 4 is 35.9 Å². The molecule has 1 amide bonds. The maximum Gasteiger partial charge on any atom is 0.234 e. The Hall–Kier alpha value is -1.37. The summed E-state index contributed by atoms with van der Waals surface area (Å²) in [5.74, 6) is -0.311. The van der Waals surface area contributed by atoms with Crippen molar-refractivity contribution in [3.63, 3.8) is 0 Å². The van der Waals surface area contributed by atoms with Gasteiger partial charge in [0, 0.05) is 13.6 Å². The quantitative estimate of drug-likeness (QED) is 0.805. The van der Waals surface area contributed by atoms with Gasteiger partial charge in [0.1, 0.15) is 0 Å². The lowest BCUT2D eigenvalue weighted by Gasteiger charge is -2.39. The SMILES string of the molecule is CCc1sccc1[B]CN1CC(CCF)C(=O)N(C)C1=N. The molecule has 0 saturated carbocycles. The summed E-state index contributed by atoms with van der Waals surface area (Å²) in [4.78, 5) is 16.5. The number of hydrogen-bond acceptors (Lipinski definition) is 3. The van der Waals surface area contributed by atoms with Crippen molar-refractivity contribution < 1.29 is 9.18 Å². The van der Waals surface area contributed by atoms with Crippen molar-refractivity contribution in [2.75, 3.05) is 26.7 Å². The van der Waals surface area contributed by atoms with E-state index in [2.05, 4.69) is 25.6 Å². The van der Waals surface area contributed by atoms with Gasteiger partial charge in [-0.1, -0.05) is 18.5 Å². The highest BCUT2D eigenvalue weighted by Crippen LogP contribution is 2.17. The van der Waals surface area contributed by atoms with E-state index in [0.717, 1.165) is 6.42 Å². The van der Waals surface area contributed by atoms with E-state index in [0.29, 0.717) is 13.0 Å². The highest BCUT2D eigenvalue weighted by molar-refractivity contribution is 7.11. The van der Waals surface area contributed by atoms with Crippen molar-refractivity contribution in [2.45, 2.75) is 19.8 Å². The van der Waals surface area contributed by atoms with Crippen molar-refractivity contribution in [2.24, 2.45) is 5.92 Å². The van der Waals surface area contributed by atoms with Crippen LogP contribution in [-0.2, 0) is 11.2 Å². The molecule has 1 unspecified atom stereocenters. The van der Waals surface area contributed by atoms with Gasteiger partial charge in [-0.3, -0.25) is 19.5 Å². The molecule has 21 heavy (non-hydrogen) atoms. The fourth-order valence-electron chi connectivity index (χ4n) is 2.56. The Morgan fingerprint density at radius 3 is 3.00 bits per heavy atom. The van der Waals surface area contributed by atoms with Crippen LogP contribution in [0.3, 0.4) is 0 Å². The minimum absolute atomic E-state index is 0.154. The van der Waals surface area contributed by atoms with Gasteiger partial charge in [0.25, 0.3) is 0 Å². The van der Waals surface area contributed by atoms with Gasteiger partial charge in [0.2, 0.25) is 5.91 Å². The Bertz CT molecular complexity index is 522. The van der Waals surface area contributed by atoms with E-state index in [1.807, 2.05) is 4.90 Å². The topological polar surface area (TPSA) is 47.4 Å². The lowest BCUT2D eigenvalue weighted by atomic mass is 9.69. The Labute approximate surface area is 129 Å². The lowest BCUT2D eigenvalue weighted by Crippen LogP contribution is -2.57. The summed E-state index contributed by atoms with van der Waals surface area (Å²) in [7, 11) is 3.67. The van der Waals surface area contributed by atoms with Crippen LogP contribution in [0.25, 0.3) is 0 Å². The normalized spacial score (nSPS) is 19.3. The number of aryl methyl sites for hydroxylation is 1. The number of halogens is 1. The van der Waals surface area contributed by atoms with Crippen LogP contribution in [0.15, 0.2) is 11.4 Å². The molecule has 4 nitrogen and oxygen atoms in total. The second-order valence-corrected chi connectivity index (χ2v) is 6.16. The van der Waals surface area contributed by atoms with E-state index in [1.54, 1.807) is 18.4 Å². The Morgan fingerprint density at radius 2 is 2.33 bits per heavy atom. The molecule has 1 atom stereocenters. The average molecular weight is 308 g/mol. The largest absolute Gasteiger partial charge is 0.350 e. The van der Waals surface area contributed by atoms with E-state index in [9.17, 15) is 9.18 Å². The fraction of sp³-hybridized carbons (Fsp3) is 0.571. The Morgan fingerprint density at radius 1 is 1.57 bits per heavy atom. The van der Waals surface area contributed by atoms with E-state index in [-0.39, 0.29) is 24.2 Å². The van der Waals surface area contributed by atoms with Crippen LogP contribution >= 0.6 is 11.3 Å². The lowest BCUT2D eigenvalue weighted by molar-refractivity contribution is -0.133. The first-order valence-corrected chi connectivity index (χ1v) is 8.03. The van der Waals surface area contributed by atoms with Crippen LogP contribution in [-0.4, -0.2) is 55.7 Å². The molecule has 1 aromatic rings. The van der Waals surface area contributed by atoms with Crippen molar-refractivity contribution in [1.29, 1.82) is 5.41 Å². The zero-order chi connectivity index (χ0) is 15.4. The van der Waals surface area contributed by atoms with Gasteiger partial charge < -0.3 is 4.90 Å². The number of alkyl halides is 1. The number of amides is 1. The van der Waals surface area contributed by atoms with Crippen molar-refractivity contribution in [1.82, 2.24) is 9.80 Å². The van der Waals surface area contributed by atoms with E-state index in [1.165, 1.54) is 15.2 Å². The molecule has 113 valence electrons. The molecule has 2 rings (SSSR count). The highest BCUT2D eigenvalue weighted by Gasteiger charge is 2.34. The molecule has 0 spiro atoms. The van der Waals surface area contributed by atoms with Crippen LogP contribution in [0.2, 0.25) is 0 Å². The van der Waals surface area contributed by atoms with Gasteiger partial charge in [-0.15, -0.1) is 11.3 Å². The third kappa shape index (κ3) is 3.45. The zero-order valence-electron chi connectivity index (χ0n) is 12.4. The minimum atomic E-state index is -0.500. The third-order valence-corrected chi connectivity index (χ3v) is 4.91. The van der Waals surface area contributed by atoms with Crippen LogP contribution in [0, 0.1) is 11.3 Å². The predicted molar refractivity (Wildman–Crippen MR) is 85.2 cm³/mol. The zero-order valence-corrected chi connectivity index (χ0v) is 13.3. The number of rotatable bonds is 6. The molecule has 2 heterocycles. The molecule has 1 fully saturated rings. The highest BCUT2D eigenvalue weighted by atomic mass is 32.1. The number of thiophene rings is 1. The first-order chi connectivity index (χ1) is 10.1. The third-order valence-electron chi connectivity index (χ3n) is 3.83. The van der Waals surface area contributed by atoms with Gasteiger partial charge in [-0.2, -0.15) is 0 Å². The molecule has 1 aliphatic heterocycles. The summed E-state index contributed by atoms with van der Waals surface area (Å²) in [6.07, 6.45) is 1.79. The summed E-state index contributed by atoms with van der Waals surface area (Å²) in [5, 5.41) is 10.1. The van der Waals surface area contributed by atoms with E-state index < -0.39 is 6.67 Å². The summed E-state index contributed by atoms with van der Waals surface area (Å²) in [6.45, 7) is 2.05. The first kappa shape index (κ1) is 16.0. The van der Waals surface area contributed by atoms with E-state index >= 15 is 0 Å². The van der Waals surface area contributed by atoms with Crippen LogP contribution in [0.5, 0.6) is 0 Å². The molecule has 1 aliphatic rings. The van der Waals surface area contributed by atoms with Gasteiger partial charge in [-0.25, -0.2) is 0 Å². The number of carbonyl (C=O) groups is 1. The van der Waals surface area contributed by atoms with E-state index in [4.69, 9.17) is 5.41 Å². The second-order valence-electron chi connectivity index (χ2n) is 5.16. The molecule has 0 aliphatic carbocycles. The van der Waals surface area contributed by atoms with Crippen molar-refractivity contribution in [3.05, 3.63) is 16.3 Å². The van der Waals surface area contributed by atoms with Crippen LogP contribution in [0.4, 0.5) is 4.39 Å². The number of guanidine groups is 1. The average Bonchev–Trinajstić information content (AvgIpc) is 2.94. The molecule has 1 aromatic heterocycles. The van der Waals surface area contributed by atoms with Gasteiger partial charge in [0.15, 0.2) is 13.2 Å². The summed E-state index contributed by atoms with van der Waals surface area (Å²) >= 11 is 1.73. The number of nitrogens with one attached hydrogen (secondary N) is 1. The van der Waals surface area contributed by atoms with Crippen LogP contribution < -0.4 is 5.46 Å². The number of hydrogen-bond donors (Lipinski definition) is 1. The number of nitrogens with zero attached hydrogens (tertiary/aromatic N) is 2. The fourth-order valence-corrected chi connectivity index (χ4v) is 3.39. The molecule has 1 N–H and O–H groups in total.